The SMILES string of the molecule is CC(C)NS(=O)(=O)NC(CC(=O)O)C(C)(C)C. The van der Waals surface area contributed by atoms with Crippen LogP contribution in [-0.2, 0) is 15.0 Å². The van der Waals surface area contributed by atoms with E-state index in [0.717, 1.165) is 0 Å². The van der Waals surface area contributed by atoms with Gasteiger partial charge in [-0.05, 0) is 19.3 Å². The van der Waals surface area contributed by atoms with Crippen LogP contribution in [0.2, 0.25) is 0 Å². The molecule has 0 heterocycles. The van der Waals surface area contributed by atoms with Gasteiger partial charge < -0.3 is 5.11 Å². The van der Waals surface area contributed by atoms with E-state index in [1.54, 1.807) is 34.6 Å². The van der Waals surface area contributed by atoms with Gasteiger partial charge in [0, 0.05) is 12.1 Å². The van der Waals surface area contributed by atoms with Crippen LogP contribution in [0.25, 0.3) is 0 Å². The number of hydrogen-bond acceptors (Lipinski definition) is 3. The summed E-state index contributed by atoms with van der Waals surface area (Å²) in [5.74, 6) is -1.03. The van der Waals surface area contributed by atoms with Crippen molar-refractivity contribution >= 4 is 16.2 Å². The number of carboxylic acids is 1. The van der Waals surface area contributed by atoms with Crippen molar-refractivity contribution in [1.82, 2.24) is 9.44 Å². The second-order valence-corrected chi connectivity index (χ2v) is 6.89. The van der Waals surface area contributed by atoms with Gasteiger partial charge in [-0.3, -0.25) is 4.79 Å². The van der Waals surface area contributed by atoms with E-state index in [9.17, 15) is 13.2 Å². The van der Waals surface area contributed by atoms with Crippen molar-refractivity contribution in [2.45, 2.75) is 53.1 Å². The molecule has 0 aromatic carbocycles. The fourth-order valence-corrected chi connectivity index (χ4v) is 2.73. The molecule has 0 aliphatic carbocycles. The summed E-state index contributed by atoms with van der Waals surface area (Å²) >= 11 is 0. The zero-order valence-corrected chi connectivity index (χ0v) is 11.8. The Morgan fingerprint density at radius 3 is 2.00 bits per heavy atom. The van der Waals surface area contributed by atoms with E-state index in [1.807, 2.05) is 0 Å². The number of rotatable bonds is 6. The normalized spacial score (nSPS) is 14.9. The quantitative estimate of drug-likeness (QED) is 0.659. The molecule has 0 saturated carbocycles. The molecule has 17 heavy (non-hydrogen) atoms. The highest BCUT2D eigenvalue weighted by Gasteiger charge is 2.30. The Hall–Kier alpha value is -0.660. The first-order valence-electron chi connectivity index (χ1n) is 5.45. The highest BCUT2D eigenvalue weighted by atomic mass is 32.2. The Bertz CT molecular complexity index is 357. The molecule has 6 nitrogen and oxygen atoms in total. The average molecular weight is 266 g/mol. The van der Waals surface area contributed by atoms with Crippen molar-refractivity contribution in [3.8, 4) is 0 Å². The summed E-state index contributed by atoms with van der Waals surface area (Å²) in [5.41, 5.74) is -0.468. The van der Waals surface area contributed by atoms with Crippen LogP contribution in [-0.4, -0.2) is 31.6 Å². The van der Waals surface area contributed by atoms with Crippen LogP contribution in [0.4, 0.5) is 0 Å². The zero-order chi connectivity index (χ0) is 13.9. The van der Waals surface area contributed by atoms with Crippen molar-refractivity contribution in [3.63, 3.8) is 0 Å². The van der Waals surface area contributed by atoms with Gasteiger partial charge in [0.15, 0.2) is 0 Å². The first kappa shape index (κ1) is 16.3. The van der Waals surface area contributed by atoms with Gasteiger partial charge in [-0.25, -0.2) is 0 Å². The molecule has 7 heteroatoms. The molecule has 0 aromatic rings. The summed E-state index contributed by atoms with van der Waals surface area (Å²) < 4.78 is 28.1. The molecule has 3 N–H and O–H groups in total. The summed E-state index contributed by atoms with van der Waals surface area (Å²) in [6.45, 7) is 8.76. The van der Waals surface area contributed by atoms with Crippen LogP contribution in [0.3, 0.4) is 0 Å². The zero-order valence-electron chi connectivity index (χ0n) is 10.9. The smallest absolute Gasteiger partial charge is 0.304 e. The second-order valence-electron chi connectivity index (χ2n) is 5.41. The van der Waals surface area contributed by atoms with Crippen molar-refractivity contribution in [1.29, 1.82) is 0 Å². The predicted molar refractivity (Wildman–Crippen MR) is 65.8 cm³/mol. The van der Waals surface area contributed by atoms with Gasteiger partial charge in [-0.2, -0.15) is 17.9 Å². The molecule has 1 unspecified atom stereocenters. The lowest BCUT2D eigenvalue weighted by molar-refractivity contribution is -0.138. The monoisotopic (exact) mass is 266 g/mol. The summed E-state index contributed by atoms with van der Waals surface area (Å²) in [4.78, 5) is 10.7. The van der Waals surface area contributed by atoms with Gasteiger partial charge in [-0.1, -0.05) is 20.8 Å². The number of carbonyl (C=O) groups is 1. The van der Waals surface area contributed by atoms with Crippen molar-refractivity contribution < 1.29 is 18.3 Å². The lowest BCUT2D eigenvalue weighted by Gasteiger charge is -2.30. The van der Waals surface area contributed by atoms with Gasteiger partial charge >= 0.3 is 5.97 Å². The Balaban J connectivity index is 4.82. The van der Waals surface area contributed by atoms with Crippen LogP contribution in [0.5, 0.6) is 0 Å². The van der Waals surface area contributed by atoms with E-state index in [1.165, 1.54) is 0 Å². The van der Waals surface area contributed by atoms with Crippen molar-refractivity contribution in [3.05, 3.63) is 0 Å². The van der Waals surface area contributed by atoms with Gasteiger partial charge in [0.1, 0.15) is 0 Å². The second kappa shape index (κ2) is 5.79. The molecule has 1 atom stereocenters. The lowest BCUT2D eigenvalue weighted by atomic mass is 9.85. The Morgan fingerprint density at radius 1 is 1.24 bits per heavy atom. The maximum absolute atomic E-state index is 11.7. The van der Waals surface area contributed by atoms with E-state index >= 15 is 0 Å². The third kappa shape index (κ3) is 7.30. The number of hydrogen-bond donors (Lipinski definition) is 3. The van der Waals surface area contributed by atoms with Crippen LogP contribution in [0.15, 0.2) is 0 Å². The van der Waals surface area contributed by atoms with E-state index < -0.39 is 27.6 Å². The average Bonchev–Trinajstić information content (AvgIpc) is 1.96. The Labute approximate surface area is 103 Å². The van der Waals surface area contributed by atoms with Gasteiger partial charge in [0.2, 0.25) is 0 Å². The minimum Gasteiger partial charge on any atom is -0.481 e. The molecule has 0 aliphatic heterocycles. The predicted octanol–water partition coefficient (Wildman–Crippen LogP) is 0.708. The van der Waals surface area contributed by atoms with Gasteiger partial charge in [-0.15, -0.1) is 0 Å². The number of aliphatic carboxylic acids is 1. The first-order valence-corrected chi connectivity index (χ1v) is 6.94. The lowest BCUT2D eigenvalue weighted by Crippen LogP contribution is -2.50. The molecule has 0 rings (SSSR count). The third-order valence-corrected chi connectivity index (χ3v) is 3.49. The van der Waals surface area contributed by atoms with Crippen molar-refractivity contribution in [2.75, 3.05) is 0 Å². The van der Waals surface area contributed by atoms with Crippen LogP contribution < -0.4 is 9.44 Å². The van der Waals surface area contributed by atoms with E-state index in [-0.39, 0.29) is 12.5 Å². The highest BCUT2D eigenvalue weighted by Crippen LogP contribution is 2.22. The van der Waals surface area contributed by atoms with Crippen LogP contribution >= 0.6 is 0 Å². The molecule has 0 aromatic heterocycles. The highest BCUT2D eigenvalue weighted by molar-refractivity contribution is 7.87. The van der Waals surface area contributed by atoms with E-state index in [2.05, 4.69) is 9.44 Å². The third-order valence-electron chi connectivity index (χ3n) is 2.11. The fraction of sp³-hybridized carbons (Fsp3) is 0.900. The molecule has 102 valence electrons. The van der Waals surface area contributed by atoms with E-state index in [0.29, 0.717) is 0 Å². The van der Waals surface area contributed by atoms with Gasteiger partial charge in [0.25, 0.3) is 10.2 Å². The van der Waals surface area contributed by atoms with Crippen molar-refractivity contribution in [2.24, 2.45) is 5.41 Å². The number of nitrogens with one attached hydrogen (secondary N) is 2. The molecule has 0 aliphatic rings. The molecule has 0 bridgehead atoms. The van der Waals surface area contributed by atoms with E-state index in [4.69, 9.17) is 5.11 Å². The van der Waals surface area contributed by atoms with Gasteiger partial charge in [0.05, 0.1) is 6.42 Å². The molecule has 0 amide bonds. The largest absolute Gasteiger partial charge is 0.481 e. The minimum absolute atomic E-state index is 0.238. The molecule has 0 saturated heterocycles. The summed E-state index contributed by atoms with van der Waals surface area (Å²) in [6.07, 6.45) is -0.248. The molecule has 0 radical (unpaired) electrons. The Kier molecular flexibility index (Phi) is 5.57. The maximum Gasteiger partial charge on any atom is 0.304 e. The standard InChI is InChI=1S/C10H22N2O4S/c1-7(2)11-17(15,16)12-8(6-9(13)14)10(3,4)5/h7-8,11-12H,6H2,1-5H3,(H,13,14). The summed E-state index contributed by atoms with van der Waals surface area (Å²) in [6, 6.07) is -0.894. The topological polar surface area (TPSA) is 95.5 Å². The maximum atomic E-state index is 11.7. The fourth-order valence-electron chi connectivity index (χ4n) is 1.23. The number of carboxylic acid groups (broad SMARTS) is 1. The molecular weight excluding hydrogens is 244 g/mol. The Morgan fingerprint density at radius 2 is 1.71 bits per heavy atom. The molecular formula is C10H22N2O4S. The molecule has 0 spiro atoms. The first-order chi connectivity index (χ1) is 7.44. The van der Waals surface area contributed by atoms with Crippen LogP contribution in [0, 0.1) is 5.41 Å². The van der Waals surface area contributed by atoms with Crippen LogP contribution in [0.1, 0.15) is 41.0 Å². The molecule has 0 fully saturated rings. The summed E-state index contributed by atoms with van der Waals surface area (Å²) in [5, 5.41) is 8.77. The summed E-state index contributed by atoms with van der Waals surface area (Å²) in [7, 11) is -3.67. The minimum atomic E-state index is -3.67.